The molecule has 134 valence electrons. The van der Waals surface area contributed by atoms with E-state index in [2.05, 4.69) is 59.7 Å². The van der Waals surface area contributed by atoms with Gasteiger partial charge in [-0.25, -0.2) is 4.98 Å². The molecule has 1 heterocycles. The van der Waals surface area contributed by atoms with Crippen molar-refractivity contribution >= 4 is 22.7 Å². The van der Waals surface area contributed by atoms with Gasteiger partial charge < -0.3 is 10.1 Å². The van der Waals surface area contributed by atoms with Gasteiger partial charge in [0, 0.05) is 35.4 Å². The van der Waals surface area contributed by atoms with Gasteiger partial charge in [-0.05, 0) is 55.9 Å². The molecule has 0 aliphatic heterocycles. The minimum Gasteiger partial charge on any atom is -0.490 e. The average molecular weight is 365 g/mol. The lowest BCUT2D eigenvalue weighted by atomic mass is 10.1. The molecule has 1 fully saturated rings. The van der Waals surface area contributed by atoms with Crippen LogP contribution in [0.4, 0.5) is 11.4 Å². The van der Waals surface area contributed by atoms with Crippen LogP contribution in [0.2, 0.25) is 0 Å². The molecule has 1 aliphatic carbocycles. The number of hydrogen-bond acceptors (Lipinski definition) is 4. The standard InChI is InChI=1S/C22H24N2OS/c1-16-10-11-18(15-21(16)25-19-7-3-4-8-19)24-20-9-5-2-6-17(20)14-22-23-12-13-26-22/h2,5-6,9-13,15,19,24H,3-4,7-8,14H2,1H3. The number of nitrogens with one attached hydrogen (secondary N) is 1. The minimum absolute atomic E-state index is 0.376. The first-order valence-corrected chi connectivity index (χ1v) is 10.2. The number of nitrogens with zero attached hydrogens (tertiary/aromatic N) is 1. The Bertz CT molecular complexity index is 854. The van der Waals surface area contributed by atoms with Gasteiger partial charge in [-0.15, -0.1) is 11.3 Å². The topological polar surface area (TPSA) is 34.2 Å². The molecule has 3 aromatic rings. The van der Waals surface area contributed by atoms with E-state index in [4.69, 9.17) is 4.74 Å². The van der Waals surface area contributed by atoms with E-state index in [-0.39, 0.29) is 0 Å². The van der Waals surface area contributed by atoms with Gasteiger partial charge in [0.1, 0.15) is 5.75 Å². The molecule has 0 amide bonds. The predicted octanol–water partition coefficient (Wildman–Crippen LogP) is 6.11. The molecule has 4 rings (SSSR count). The summed E-state index contributed by atoms with van der Waals surface area (Å²) in [5, 5.41) is 6.73. The third kappa shape index (κ3) is 4.07. The van der Waals surface area contributed by atoms with Crippen LogP contribution in [0.5, 0.6) is 5.75 Å². The van der Waals surface area contributed by atoms with Gasteiger partial charge in [-0.2, -0.15) is 0 Å². The number of para-hydroxylation sites is 1. The summed E-state index contributed by atoms with van der Waals surface area (Å²) < 4.78 is 6.25. The number of aromatic nitrogens is 1. The van der Waals surface area contributed by atoms with Crippen LogP contribution >= 0.6 is 11.3 Å². The number of hydrogen-bond donors (Lipinski definition) is 1. The second-order valence-corrected chi connectivity index (χ2v) is 7.87. The van der Waals surface area contributed by atoms with E-state index in [0.29, 0.717) is 6.10 Å². The highest BCUT2D eigenvalue weighted by Gasteiger charge is 2.17. The lowest BCUT2D eigenvalue weighted by molar-refractivity contribution is 0.209. The largest absolute Gasteiger partial charge is 0.490 e. The van der Waals surface area contributed by atoms with Crippen molar-refractivity contribution in [3.05, 3.63) is 70.2 Å². The quantitative estimate of drug-likeness (QED) is 0.573. The van der Waals surface area contributed by atoms with E-state index in [1.165, 1.54) is 36.8 Å². The van der Waals surface area contributed by atoms with Gasteiger partial charge in [0.15, 0.2) is 0 Å². The second-order valence-electron chi connectivity index (χ2n) is 6.89. The molecule has 0 bridgehead atoms. The van der Waals surface area contributed by atoms with Crippen LogP contribution in [-0.4, -0.2) is 11.1 Å². The monoisotopic (exact) mass is 364 g/mol. The van der Waals surface area contributed by atoms with E-state index in [1.807, 2.05) is 11.6 Å². The van der Waals surface area contributed by atoms with E-state index in [9.17, 15) is 0 Å². The predicted molar refractivity (Wildman–Crippen MR) is 109 cm³/mol. The molecule has 4 heteroatoms. The Labute approximate surface area is 159 Å². The van der Waals surface area contributed by atoms with E-state index in [1.54, 1.807) is 11.3 Å². The molecular formula is C22H24N2OS. The first-order valence-electron chi connectivity index (χ1n) is 9.28. The van der Waals surface area contributed by atoms with Crippen LogP contribution in [0.3, 0.4) is 0 Å². The lowest BCUT2D eigenvalue weighted by Crippen LogP contribution is -2.11. The van der Waals surface area contributed by atoms with E-state index in [0.717, 1.165) is 28.6 Å². The van der Waals surface area contributed by atoms with E-state index >= 15 is 0 Å². The van der Waals surface area contributed by atoms with Crippen molar-refractivity contribution in [1.82, 2.24) is 4.98 Å². The lowest BCUT2D eigenvalue weighted by Gasteiger charge is -2.17. The molecule has 0 saturated heterocycles. The van der Waals surface area contributed by atoms with Crippen molar-refractivity contribution in [3.8, 4) is 5.75 Å². The highest BCUT2D eigenvalue weighted by Crippen LogP contribution is 2.31. The minimum atomic E-state index is 0.376. The Hall–Kier alpha value is -2.33. The highest BCUT2D eigenvalue weighted by atomic mass is 32.1. The van der Waals surface area contributed by atoms with Crippen molar-refractivity contribution in [1.29, 1.82) is 0 Å². The van der Waals surface area contributed by atoms with Gasteiger partial charge >= 0.3 is 0 Å². The number of rotatable bonds is 6. The molecule has 0 spiro atoms. The van der Waals surface area contributed by atoms with Crippen molar-refractivity contribution < 1.29 is 4.74 Å². The fourth-order valence-corrected chi connectivity index (χ4v) is 4.09. The van der Waals surface area contributed by atoms with Crippen molar-refractivity contribution in [2.75, 3.05) is 5.32 Å². The summed E-state index contributed by atoms with van der Waals surface area (Å²) in [7, 11) is 0. The maximum atomic E-state index is 6.25. The van der Waals surface area contributed by atoms with Crippen LogP contribution in [0.1, 0.15) is 41.8 Å². The zero-order valence-corrected chi connectivity index (χ0v) is 15.9. The Morgan fingerprint density at radius 2 is 2.00 bits per heavy atom. The Morgan fingerprint density at radius 3 is 2.81 bits per heavy atom. The number of ether oxygens (including phenoxy) is 1. The summed E-state index contributed by atoms with van der Waals surface area (Å²) in [5.74, 6) is 0.999. The smallest absolute Gasteiger partial charge is 0.124 e. The molecule has 3 nitrogen and oxygen atoms in total. The zero-order valence-electron chi connectivity index (χ0n) is 15.1. The number of anilines is 2. The molecule has 0 atom stereocenters. The van der Waals surface area contributed by atoms with E-state index < -0.39 is 0 Å². The molecule has 0 unspecified atom stereocenters. The number of thiazole rings is 1. The summed E-state index contributed by atoms with van der Waals surface area (Å²) in [6, 6.07) is 14.8. The fourth-order valence-electron chi connectivity index (χ4n) is 3.45. The van der Waals surface area contributed by atoms with Crippen LogP contribution < -0.4 is 10.1 Å². The number of benzene rings is 2. The van der Waals surface area contributed by atoms with Crippen LogP contribution in [-0.2, 0) is 6.42 Å². The summed E-state index contributed by atoms with van der Waals surface area (Å²) in [6.45, 7) is 2.12. The van der Waals surface area contributed by atoms with Gasteiger partial charge in [0.05, 0.1) is 11.1 Å². The summed E-state index contributed by atoms with van der Waals surface area (Å²) >= 11 is 1.70. The molecule has 1 aliphatic rings. The SMILES string of the molecule is Cc1ccc(Nc2ccccc2Cc2nccs2)cc1OC1CCCC1. The van der Waals surface area contributed by atoms with Crippen LogP contribution in [0.15, 0.2) is 54.0 Å². The highest BCUT2D eigenvalue weighted by molar-refractivity contribution is 7.09. The summed E-state index contributed by atoms with van der Waals surface area (Å²) in [6.07, 6.45) is 8.00. The fraction of sp³-hybridized carbons (Fsp3) is 0.318. The molecule has 2 aromatic carbocycles. The van der Waals surface area contributed by atoms with Gasteiger partial charge in [0.25, 0.3) is 0 Å². The molecule has 1 saturated carbocycles. The van der Waals surface area contributed by atoms with Crippen LogP contribution in [0.25, 0.3) is 0 Å². The molecule has 26 heavy (non-hydrogen) atoms. The normalized spacial score (nSPS) is 14.5. The summed E-state index contributed by atoms with van der Waals surface area (Å²) in [4.78, 5) is 4.41. The van der Waals surface area contributed by atoms with Gasteiger partial charge in [-0.3, -0.25) is 0 Å². The maximum absolute atomic E-state index is 6.25. The third-order valence-corrected chi connectivity index (χ3v) is 5.69. The average Bonchev–Trinajstić information content (AvgIpc) is 3.34. The Balaban J connectivity index is 1.53. The van der Waals surface area contributed by atoms with Crippen molar-refractivity contribution in [2.45, 2.75) is 45.1 Å². The Kier molecular flexibility index (Phi) is 5.21. The molecule has 1 N–H and O–H groups in total. The van der Waals surface area contributed by atoms with Crippen molar-refractivity contribution in [2.24, 2.45) is 0 Å². The zero-order chi connectivity index (χ0) is 17.8. The molecule has 1 aromatic heterocycles. The maximum Gasteiger partial charge on any atom is 0.124 e. The first kappa shape index (κ1) is 17.1. The Morgan fingerprint density at radius 1 is 1.15 bits per heavy atom. The third-order valence-electron chi connectivity index (χ3n) is 4.91. The van der Waals surface area contributed by atoms with Gasteiger partial charge in [0.2, 0.25) is 0 Å². The van der Waals surface area contributed by atoms with Crippen LogP contribution in [0, 0.1) is 6.92 Å². The molecule has 0 radical (unpaired) electrons. The van der Waals surface area contributed by atoms with Crippen molar-refractivity contribution in [3.63, 3.8) is 0 Å². The number of aryl methyl sites for hydroxylation is 1. The van der Waals surface area contributed by atoms with Gasteiger partial charge in [-0.1, -0.05) is 24.3 Å². The molecular weight excluding hydrogens is 340 g/mol. The second kappa shape index (κ2) is 7.92. The first-order chi connectivity index (χ1) is 12.8. The summed E-state index contributed by atoms with van der Waals surface area (Å²) in [5.41, 5.74) is 4.63.